The van der Waals surface area contributed by atoms with E-state index in [2.05, 4.69) is 31.3 Å². The van der Waals surface area contributed by atoms with E-state index in [9.17, 15) is 78.7 Å². The number of halogens is 2. The van der Waals surface area contributed by atoms with Gasteiger partial charge in [-0.1, -0.05) is 81.9 Å². The van der Waals surface area contributed by atoms with Crippen molar-refractivity contribution in [3.63, 3.8) is 0 Å². The van der Waals surface area contributed by atoms with E-state index in [1.54, 1.807) is 6.92 Å². The maximum absolute atomic E-state index is 16.5. The van der Waals surface area contributed by atoms with Gasteiger partial charge in [0, 0.05) is 66.8 Å². The number of phenols is 3. The van der Waals surface area contributed by atoms with Crippen LogP contribution in [0.5, 0.6) is 51.7 Å². The van der Waals surface area contributed by atoms with E-state index >= 15 is 24.0 Å². The summed E-state index contributed by atoms with van der Waals surface area (Å²) in [6, 6.07) is 9.93. The molecule has 5 amide bonds. The third-order valence-corrected chi connectivity index (χ3v) is 24.6. The van der Waals surface area contributed by atoms with Gasteiger partial charge in [-0.05, 0) is 153 Å². The fourth-order valence-electron chi connectivity index (χ4n) is 15.7. The third-order valence-electron chi connectivity index (χ3n) is 22.6. The molecule has 20 N–H and O–H groups in total. The first-order valence-electron chi connectivity index (χ1n) is 40.9. The lowest BCUT2D eigenvalue weighted by molar-refractivity contribution is -0.333. The van der Waals surface area contributed by atoms with Gasteiger partial charge < -0.3 is 122 Å². The van der Waals surface area contributed by atoms with E-state index < -0.39 is 278 Å². The number of carboxylic acids is 1. The highest BCUT2D eigenvalue weighted by atomic mass is 35.5. The molecule has 0 aromatic heterocycles. The molecule has 0 aliphatic carbocycles. The molecule has 2 saturated heterocycles. The summed E-state index contributed by atoms with van der Waals surface area (Å²) in [6.07, 6.45) is -17.8. The number of aliphatic carboxylic acids is 1. The van der Waals surface area contributed by atoms with Crippen molar-refractivity contribution in [2.75, 3.05) is 26.3 Å². The third kappa shape index (κ3) is 22.4. The highest BCUT2D eigenvalue weighted by Gasteiger charge is 2.52. The number of aromatic hydroxyl groups is 3. The molecule has 0 radical (unpaired) electrons. The number of amides is 5. The second-order valence-corrected chi connectivity index (χ2v) is 35.1. The molecular weight excluding hydrogens is 1700 g/mol. The van der Waals surface area contributed by atoms with Gasteiger partial charge in [0.05, 0.1) is 64.3 Å². The molecule has 6 aromatic carbocycles. The molecule has 6 aromatic rings. The van der Waals surface area contributed by atoms with Gasteiger partial charge in [-0.3, -0.25) is 38.4 Å². The maximum Gasteiger partial charge on any atom is 0.330 e. The van der Waals surface area contributed by atoms with Crippen molar-refractivity contribution < 1.29 is 136 Å². The number of hydrogen-bond acceptors (Lipinski definition) is 29. The van der Waals surface area contributed by atoms with Gasteiger partial charge in [0.1, 0.15) is 88.9 Å². The van der Waals surface area contributed by atoms with Gasteiger partial charge in [0.25, 0.3) is 0 Å². The number of unbranched alkanes of at least 4 members (excludes halogenated alkanes) is 2. The van der Waals surface area contributed by atoms with Crippen LogP contribution < -0.4 is 61.7 Å². The Bertz CT molecular complexity index is 5140. The summed E-state index contributed by atoms with van der Waals surface area (Å²) in [6.45, 7) is 8.84. The van der Waals surface area contributed by atoms with Crippen molar-refractivity contribution in [1.29, 1.82) is 0 Å². The zero-order valence-electron chi connectivity index (χ0n) is 69.1. The number of nitrogens with two attached hydrogens (primary N) is 2. The van der Waals surface area contributed by atoms with Gasteiger partial charge in [-0.2, -0.15) is 0 Å². The number of sulfonamides is 1. The fraction of sp³-hybridized carbons (Fsp3) is 0.477. The summed E-state index contributed by atoms with van der Waals surface area (Å²) in [5.74, 6) is -20.0. The van der Waals surface area contributed by atoms with E-state index in [4.69, 9.17) is 67.8 Å². The number of primary amides is 1. The summed E-state index contributed by atoms with van der Waals surface area (Å²) < 4.78 is 73.1. The first kappa shape index (κ1) is 95.5. The van der Waals surface area contributed by atoms with Crippen LogP contribution in [0.25, 0.3) is 11.1 Å². The van der Waals surface area contributed by atoms with E-state index in [-0.39, 0.29) is 76.1 Å². The number of aliphatic hydroxyl groups is 6. The Kier molecular flexibility index (Phi) is 31.4. The molecule has 11 bridgehead atoms. The minimum Gasteiger partial charge on any atom is -0.507 e. The average molecular weight is 1800 g/mol. The van der Waals surface area contributed by atoms with Crippen LogP contribution >= 0.6 is 23.2 Å². The second-order valence-electron chi connectivity index (χ2n) is 32.5. The number of rotatable bonds is 28. The molecule has 676 valence electrons. The van der Waals surface area contributed by atoms with E-state index in [1.807, 2.05) is 20.8 Å². The molecule has 18 atom stereocenters. The normalized spacial score (nSPS) is 26.3. The topological polar surface area (TPSA) is 579 Å². The number of benzene rings is 6. The second kappa shape index (κ2) is 41.1. The van der Waals surface area contributed by atoms with Crippen molar-refractivity contribution in [3.8, 4) is 62.9 Å². The number of ether oxygens (including phenoxy) is 7. The average Bonchev–Trinajstić information content (AvgIpc) is 0.752. The van der Waals surface area contributed by atoms with E-state index in [0.29, 0.717) is 18.8 Å². The zero-order valence-corrected chi connectivity index (χ0v) is 71.4. The Hall–Kier alpha value is -10.2. The number of carbonyl (C=O) groups is 9. The fourth-order valence-corrected chi connectivity index (χ4v) is 17.2. The number of fused-ring (bicyclic) bond motifs is 15. The van der Waals surface area contributed by atoms with Gasteiger partial charge in [-0.15, -0.1) is 0 Å². The van der Waals surface area contributed by atoms with Crippen molar-refractivity contribution in [3.05, 3.63) is 140 Å². The standard InChI is InChI=1S/C86H104Cl2N8O28S/c1-7-9-10-24-118-48-16-18-49(19-17-48)125(116,117)92-36-47(98)12-11-23-91-37-53-57(100)34-52-67(74(53)106)51-26-42(13-20-56(51)99)50-33-59(102)68-45-30-62(120-60-21-14-43(27-54(60)87)72(104)70(95-80(110)41(8-2)25-39(3)4)58(101)29-46(32-65(89)103)81(111)93-68)77(124-85-78(76(108)75(107)64(38-97)122-85)123-66-35-86(6,90)79(109)40(5)119-66)63(31-45)121-61-22-15-44(28-55(61)88)73(105)71(96-82(50)112)83(113)94-69(52)84(114)115/h13-22,26-28,30-31,34,39-41,46,50,64,66,68-73,75-76,78-79,85,91-92,97,99-100,104-109H,7-12,23-25,29,32-33,35-38,90H2,1-6H3,(H2,89,103)(H,93,111)(H,94,113)(H,95,110)(H,96,112)(H,114,115)/t40-,41+,46-,50+,64+,66-,68+,69-,70-,71-,72+,73+,75+,76-,78+,79+,85-,86-/m0/s1. The van der Waals surface area contributed by atoms with Crippen molar-refractivity contribution >= 4 is 86.1 Å². The van der Waals surface area contributed by atoms with E-state index in [1.165, 1.54) is 56.3 Å². The minimum absolute atomic E-state index is 0.0433. The lowest BCUT2D eigenvalue weighted by atomic mass is 9.84. The number of aliphatic hydroxyl groups excluding tert-OH is 6. The van der Waals surface area contributed by atoms with E-state index in [0.717, 1.165) is 73.9 Å². The molecule has 13 rings (SSSR count). The monoisotopic (exact) mass is 1800 g/mol. The Labute approximate surface area is 728 Å². The smallest absolute Gasteiger partial charge is 0.330 e. The summed E-state index contributed by atoms with van der Waals surface area (Å²) in [5, 5.41) is 130. The zero-order chi connectivity index (χ0) is 91.0. The maximum atomic E-state index is 16.5. The number of Topliss-reactive ketones (excluding diaryl/α,β-unsaturated/α-hetero) is 3. The Morgan fingerprint density at radius 2 is 1.39 bits per heavy atom. The lowest BCUT2D eigenvalue weighted by Crippen LogP contribution is -2.64. The van der Waals surface area contributed by atoms with Crippen LogP contribution in [0.4, 0.5) is 0 Å². The predicted octanol–water partition coefficient (Wildman–Crippen LogP) is 5.51. The highest BCUT2D eigenvalue weighted by molar-refractivity contribution is 7.89. The summed E-state index contributed by atoms with van der Waals surface area (Å²) >= 11 is 14.3. The number of ketones is 3. The molecule has 7 aliphatic heterocycles. The Morgan fingerprint density at radius 1 is 0.736 bits per heavy atom. The van der Waals surface area contributed by atoms with Gasteiger partial charge in [-0.25, -0.2) is 17.9 Å². The molecule has 7 heterocycles. The molecule has 0 spiro atoms. The highest BCUT2D eigenvalue weighted by Crippen LogP contribution is 2.51. The van der Waals surface area contributed by atoms with Crippen molar-refractivity contribution in [2.45, 2.75) is 221 Å². The summed E-state index contributed by atoms with van der Waals surface area (Å²) in [4.78, 5) is 133. The molecule has 7 aliphatic rings. The molecule has 0 unspecified atom stereocenters. The van der Waals surface area contributed by atoms with Crippen molar-refractivity contribution in [1.82, 2.24) is 31.3 Å². The molecule has 125 heavy (non-hydrogen) atoms. The SMILES string of the molecule is CCCCCOc1ccc(S(=O)(=O)NCC(=O)CCCNCc2c(O)cc3c(c2O)-c2cc(ccc2O)[C@H]2CC(=O)[C@@H]4NC(=O)[C@H](CC(N)=O)CC(=O)[C@H](NC(=O)[C@H](CC)CC(C)C)[C@H](O)c5ccc(c(Cl)c5)Oc5cc4cc(c5O[C@@H]4O[C@H](CO)[C@@H](O)[C@H](O)[C@H]4O[C@H]4C[C@](C)(N)[C@H](O)[C@H](C)O4)Oc4ccc(cc4Cl)[C@@H](O)[C@H](NC2=O)C(=O)N[C@@H]3C(=O)O)cc1. The van der Waals surface area contributed by atoms with Crippen LogP contribution in [0, 0.1) is 17.8 Å². The summed E-state index contributed by atoms with van der Waals surface area (Å²) in [7, 11) is -4.15. The first-order chi connectivity index (χ1) is 59.2. The summed E-state index contributed by atoms with van der Waals surface area (Å²) in [5.41, 5.74) is 7.74. The van der Waals surface area contributed by atoms with Crippen LogP contribution in [0.2, 0.25) is 10.0 Å². The van der Waals surface area contributed by atoms with Crippen LogP contribution in [0.15, 0.2) is 102 Å². The Balaban J connectivity index is 1.05. The number of hydrogen-bond donors (Lipinski definition) is 18. The number of carboxylic acid groups (broad SMARTS) is 1. The predicted molar refractivity (Wildman–Crippen MR) is 445 cm³/mol. The minimum atomic E-state index is -4.15. The van der Waals surface area contributed by atoms with Crippen LogP contribution in [0.1, 0.15) is 176 Å². The lowest BCUT2D eigenvalue weighted by Gasteiger charge is -2.47. The Morgan fingerprint density at radius 3 is 2.00 bits per heavy atom. The quantitative estimate of drug-likeness (QED) is 0.0269. The van der Waals surface area contributed by atoms with Gasteiger partial charge in [0.2, 0.25) is 51.6 Å². The number of carbonyl (C=O) groups excluding carboxylic acids is 8. The largest absolute Gasteiger partial charge is 0.507 e. The molecule has 2 fully saturated rings. The number of phenolic OH excluding ortho intramolecular Hbond substituents is 3. The first-order valence-corrected chi connectivity index (χ1v) is 43.1. The van der Waals surface area contributed by atoms with Crippen LogP contribution in [0.3, 0.4) is 0 Å². The van der Waals surface area contributed by atoms with Crippen LogP contribution in [-0.4, -0.2) is 205 Å². The number of nitrogens with one attached hydrogen (secondary N) is 6. The molecule has 0 saturated carbocycles. The molecular formula is C86H104Cl2N8O28S. The molecule has 36 nitrogen and oxygen atoms in total. The van der Waals surface area contributed by atoms with Gasteiger partial charge in [0.15, 0.2) is 41.5 Å². The van der Waals surface area contributed by atoms with Crippen molar-refractivity contribution in [2.24, 2.45) is 29.2 Å². The van der Waals surface area contributed by atoms with Gasteiger partial charge >= 0.3 is 5.97 Å². The van der Waals surface area contributed by atoms with Crippen LogP contribution in [-0.2, 0) is 73.9 Å². The molecule has 39 heteroatoms.